The van der Waals surface area contributed by atoms with E-state index in [1.807, 2.05) is 35.7 Å². The Morgan fingerprint density at radius 1 is 0.900 bits per heavy atom. The molecule has 3 rings (SSSR count). The first-order valence-electron chi connectivity index (χ1n) is 6.85. The molecule has 0 radical (unpaired) electrons. The Balaban J connectivity index is 1.83. The van der Waals surface area contributed by atoms with Crippen molar-refractivity contribution >= 4 is 23.5 Å². The molecule has 0 aromatic heterocycles. The molecule has 0 bridgehead atoms. The second-order valence-electron chi connectivity index (χ2n) is 5.13. The first kappa shape index (κ1) is 14.1. The van der Waals surface area contributed by atoms with Gasteiger partial charge in [-0.1, -0.05) is 43.3 Å². The molecular formula is C17H18OS2. The van der Waals surface area contributed by atoms with Crippen molar-refractivity contribution in [3.05, 3.63) is 60.7 Å². The number of rotatable bonds is 5. The zero-order chi connectivity index (χ0) is 14.0. The van der Waals surface area contributed by atoms with Crippen molar-refractivity contribution in [2.24, 2.45) is 11.8 Å². The highest BCUT2D eigenvalue weighted by molar-refractivity contribution is 8.18. The van der Waals surface area contributed by atoms with Gasteiger partial charge in [0.1, 0.15) is 0 Å². The zero-order valence-corrected chi connectivity index (χ0v) is 13.0. The van der Waals surface area contributed by atoms with Crippen LogP contribution in [0, 0.1) is 11.8 Å². The van der Waals surface area contributed by atoms with Crippen LogP contribution in [0.1, 0.15) is 6.92 Å². The number of thioether (sulfide) groups is 2. The fraction of sp³-hybridized carbons (Fsp3) is 0.294. The van der Waals surface area contributed by atoms with Gasteiger partial charge in [-0.05, 0) is 30.2 Å². The van der Waals surface area contributed by atoms with Crippen molar-refractivity contribution in [1.82, 2.24) is 0 Å². The van der Waals surface area contributed by atoms with Gasteiger partial charge >= 0.3 is 0 Å². The van der Waals surface area contributed by atoms with Crippen LogP contribution in [0.3, 0.4) is 0 Å². The highest BCUT2D eigenvalue weighted by Crippen LogP contribution is 2.69. The predicted molar refractivity (Wildman–Crippen MR) is 87.1 cm³/mol. The molecule has 0 spiro atoms. The van der Waals surface area contributed by atoms with E-state index in [2.05, 4.69) is 55.5 Å². The van der Waals surface area contributed by atoms with E-state index in [1.165, 1.54) is 9.79 Å². The summed E-state index contributed by atoms with van der Waals surface area (Å²) in [5, 5.41) is 9.64. The van der Waals surface area contributed by atoms with Crippen LogP contribution in [0.4, 0.5) is 0 Å². The van der Waals surface area contributed by atoms with E-state index in [-0.39, 0.29) is 10.7 Å². The van der Waals surface area contributed by atoms with E-state index < -0.39 is 0 Å². The lowest BCUT2D eigenvalue weighted by atomic mass is 10.4. The summed E-state index contributed by atoms with van der Waals surface area (Å²) in [7, 11) is 0. The SMILES string of the molecule is C[C@H]1[C@H](CO)C1(Sc1ccccc1)Sc1ccccc1. The Morgan fingerprint density at radius 2 is 1.35 bits per heavy atom. The summed E-state index contributed by atoms with van der Waals surface area (Å²) in [6, 6.07) is 21.0. The van der Waals surface area contributed by atoms with Gasteiger partial charge < -0.3 is 5.11 Å². The van der Waals surface area contributed by atoms with Gasteiger partial charge in [-0.15, -0.1) is 23.5 Å². The van der Waals surface area contributed by atoms with Crippen LogP contribution in [0.5, 0.6) is 0 Å². The van der Waals surface area contributed by atoms with Crippen LogP contribution >= 0.6 is 23.5 Å². The first-order chi connectivity index (χ1) is 9.76. The summed E-state index contributed by atoms with van der Waals surface area (Å²) in [6.07, 6.45) is 0. The summed E-state index contributed by atoms with van der Waals surface area (Å²) < 4.78 is 0.0669. The lowest BCUT2D eigenvalue weighted by Gasteiger charge is -2.17. The van der Waals surface area contributed by atoms with Crippen molar-refractivity contribution in [1.29, 1.82) is 0 Å². The zero-order valence-electron chi connectivity index (χ0n) is 11.4. The lowest BCUT2D eigenvalue weighted by molar-refractivity contribution is 0.270. The fourth-order valence-corrected chi connectivity index (χ4v) is 6.06. The van der Waals surface area contributed by atoms with E-state index in [0.29, 0.717) is 11.8 Å². The Labute approximate surface area is 128 Å². The van der Waals surface area contributed by atoms with Crippen LogP contribution in [0.25, 0.3) is 0 Å². The van der Waals surface area contributed by atoms with Crippen molar-refractivity contribution in [2.45, 2.75) is 20.8 Å². The maximum atomic E-state index is 9.64. The molecule has 1 fully saturated rings. The van der Waals surface area contributed by atoms with E-state index in [0.717, 1.165) is 0 Å². The average Bonchev–Trinajstić information content (AvgIpc) is 3.03. The maximum Gasteiger partial charge on any atom is 0.0787 e. The van der Waals surface area contributed by atoms with E-state index in [9.17, 15) is 5.11 Å². The molecule has 1 N–H and O–H groups in total. The van der Waals surface area contributed by atoms with Crippen LogP contribution in [-0.2, 0) is 0 Å². The van der Waals surface area contributed by atoms with Gasteiger partial charge in [0.2, 0.25) is 0 Å². The smallest absolute Gasteiger partial charge is 0.0787 e. The Hall–Kier alpha value is -0.900. The molecule has 0 saturated heterocycles. The predicted octanol–water partition coefficient (Wildman–Crippen LogP) is 4.53. The average molecular weight is 302 g/mol. The molecule has 1 aliphatic carbocycles. The van der Waals surface area contributed by atoms with E-state index in [4.69, 9.17) is 0 Å². The van der Waals surface area contributed by atoms with Crippen molar-refractivity contribution < 1.29 is 5.11 Å². The minimum atomic E-state index is 0.0669. The van der Waals surface area contributed by atoms with E-state index in [1.54, 1.807) is 0 Å². The summed E-state index contributed by atoms with van der Waals surface area (Å²) in [5.41, 5.74) is 0. The van der Waals surface area contributed by atoms with Crippen LogP contribution in [-0.4, -0.2) is 15.8 Å². The molecule has 104 valence electrons. The van der Waals surface area contributed by atoms with Crippen molar-refractivity contribution in [3.63, 3.8) is 0 Å². The number of hydrogen-bond acceptors (Lipinski definition) is 3. The highest BCUT2D eigenvalue weighted by atomic mass is 32.2. The Morgan fingerprint density at radius 3 is 1.70 bits per heavy atom. The van der Waals surface area contributed by atoms with Gasteiger partial charge in [0.15, 0.2) is 0 Å². The quantitative estimate of drug-likeness (QED) is 0.820. The molecule has 0 aliphatic heterocycles. The summed E-state index contributed by atoms with van der Waals surface area (Å²) in [4.78, 5) is 2.55. The second kappa shape index (κ2) is 5.84. The van der Waals surface area contributed by atoms with Gasteiger partial charge in [-0.25, -0.2) is 0 Å². The van der Waals surface area contributed by atoms with Gasteiger partial charge in [0.05, 0.1) is 4.08 Å². The molecular weight excluding hydrogens is 284 g/mol. The highest BCUT2D eigenvalue weighted by Gasteiger charge is 2.63. The molecule has 1 aliphatic rings. The molecule has 2 atom stereocenters. The molecule has 20 heavy (non-hydrogen) atoms. The number of hydrogen-bond donors (Lipinski definition) is 1. The second-order valence-corrected chi connectivity index (χ2v) is 8.09. The minimum Gasteiger partial charge on any atom is -0.396 e. The van der Waals surface area contributed by atoms with Crippen molar-refractivity contribution in [2.75, 3.05) is 6.61 Å². The number of aliphatic hydroxyl groups is 1. The normalized spacial score (nSPS) is 23.5. The summed E-state index contributed by atoms with van der Waals surface area (Å²) in [5.74, 6) is 0.876. The minimum absolute atomic E-state index is 0.0669. The number of benzene rings is 2. The molecule has 0 heterocycles. The molecule has 2 aromatic rings. The van der Waals surface area contributed by atoms with E-state index >= 15 is 0 Å². The monoisotopic (exact) mass is 302 g/mol. The van der Waals surface area contributed by atoms with Gasteiger partial charge in [0.25, 0.3) is 0 Å². The summed E-state index contributed by atoms with van der Waals surface area (Å²) >= 11 is 3.79. The summed E-state index contributed by atoms with van der Waals surface area (Å²) in [6.45, 7) is 2.51. The van der Waals surface area contributed by atoms with Gasteiger partial charge in [0, 0.05) is 22.3 Å². The van der Waals surface area contributed by atoms with Crippen LogP contribution < -0.4 is 0 Å². The first-order valence-corrected chi connectivity index (χ1v) is 8.48. The van der Waals surface area contributed by atoms with Gasteiger partial charge in [-0.3, -0.25) is 0 Å². The molecule has 0 amide bonds. The fourth-order valence-electron chi connectivity index (χ4n) is 2.57. The lowest BCUT2D eigenvalue weighted by Crippen LogP contribution is -2.04. The topological polar surface area (TPSA) is 20.2 Å². The Bertz CT molecular complexity index is 514. The third-order valence-electron chi connectivity index (χ3n) is 3.88. The third-order valence-corrected chi connectivity index (χ3v) is 7.39. The van der Waals surface area contributed by atoms with Crippen LogP contribution in [0.2, 0.25) is 0 Å². The Kier molecular flexibility index (Phi) is 4.11. The number of aliphatic hydroxyl groups excluding tert-OH is 1. The standard InChI is InChI=1S/C17H18OS2/c1-13-16(12-18)17(13,19-14-8-4-2-5-9-14)20-15-10-6-3-7-11-15/h2-11,13,16,18H,12H2,1H3/t13-,16-/m0/s1. The maximum absolute atomic E-state index is 9.64. The molecule has 1 saturated carbocycles. The van der Waals surface area contributed by atoms with Gasteiger partial charge in [-0.2, -0.15) is 0 Å². The molecule has 0 unspecified atom stereocenters. The molecule has 1 nitrogen and oxygen atoms in total. The van der Waals surface area contributed by atoms with Crippen molar-refractivity contribution in [3.8, 4) is 0 Å². The third kappa shape index (κ3) is 2.62. The molecule has 3 heteroatoms. The molecule has 2 aromatic carbocycles. The van der Waals surface area contributed by atoms with Crippen LogP contribution in [0.15, 0.2) is 70.5 Å². The largest absolute Gasteiger partial charge is 0.396 e.